The number of carbonyl (C=O) groups is 2. The third kappa shape index (κ3) is 6.65. The summed E-state index contributed by atoms with van der Waals surface area (Å²) in [5, 5.41) is 6.13. The summed E-state index contributed by atoms with van der Waals surface area (Å²) in [7, 11) is 0. The Bertz CT molecular complexity index is 544. The molecule has 0 bridgehead atoms. The molecule has 6 nitrogen and oxygen atoms in total. The van der Waals surface area contributed by atoms with Crippen molar-refractivity contribution in [2.24, 2.45) is 0 Å². The van der Waals surface area contributed by atoms with Gasteiger partial charge in [0.05, 0.1) is 13.0 Å². The largest absolute Gasteiger partial charge is 0.359 e. The van der Waals surface area contributed by atoms with Gasteiger partial charge in [-0.05, 0) is 30.6 Å². The smallest absolute Gasteiger partial charge is 0.257 e. The van der Waals surface area contributed by atoms with Crippen LogP contribution in [0.4, 0.5) is 0 Å². The maximum Gasteiger partial charge on any atom is 0.257 e. The molecule has 0 unspecified atom stereocenters. The molecular formula is C16H22N4O2S. The summed E-state index contributed by atoms with van der Waals surface area (Å²) in [5.41, 5.74) is 6.03. The van der Waals surface area contributed by atoms with E-state index in [9.17, 15) is 9.59 Å². The number of thiocarbonyl (C=S) groups is 1. The van der Waals surface area contributed by atoms with Gasteiger partial charge < -0.3 is 10.6 Å². The van der Waals surface area contributed by atoms with Gasteiger partial charge in [0.25, 0.3) is 5.91 Å². The zero-order valence-corrected chi connectivity index (χ0v) is 13.7. The van der Waals surface area contributed by atoms with Crippen molar-refractivity contribution < 1.29 is 9.59 Å². The quantitative estimate of drug-likeness (QED) is 0.473. The zero-order valence-electron chi connectivity index (χ0n) is 12.9. The molecule has 0 aliphatic heterocycles. The fraction of sp³-hybridized carbons (Fsp3) is 0.438. The minimum absolute atomic E-state index is 0.0926. The molecule has 1 aromatic carbocycles. The summed E-state index contributed by atoms with van der Waals surface area (Å²) >= 11 is 5.11. The van der Waals surface area contributed by atoms with Gasteiger partial charge in [0.15, 0.2) is 5.11 Å². The Morgan fingerprint density at radius 1 is 1.04 bits per heavy atom. The normalized spacial score (nSPS) is 14.1. The number of nitrogens with one attached hydrogen (secondary N) is 4. The number of hydrogen-bond donors (Lipinski definition) is 4. The van der Waals surface area contributed by atoms with Crippen LogP contribution < -0.4 is 21.5 Å². The molecular weight excluding hydrogens is 312 g/mol. The third-order valence-electron chi connectivity index (χ3n) is 3.66. The maximum atomic E-state index is 11.7. The summed E-state index contributed by atoms with van der Waals surface area (Å²) < 4.78 is 0. The summed E-state index contributed by atoms with van der Waals surface area (Å²) in [6.45, 7) is -0.0926. The van der Waals surface area contributed by atoms with Gasteiger partial charge in [0.1, 0.15) is 0 Å². The molecule has 0 saturated heterocycles. The number of hydrogen-bond acceptors (Lipinski definition) is 3. The monoisotopic (exact) mass is 334 g/mol. The van der Waals surface area contributed by atoms with E-state index in [-0.39, 0.29) is 24.8 Å². The van der Waals surface area contributed by atoms with Crippen LogP contribution in [0.3, 0.4) is 0 Å². The molecule has 1 aromatic rings. The van der Waals surface area contributed by atoms with Crippen molar-refractivity contribution in [1.82, 2.24) is 21.5 Å². The Hall–Kier alpha value is -2.15. The molecule has 1 saturated carbocycles. The van der Waals surface area contributed by atoms with Crippen molar-refractivity contribution >= 4 is 29.1 Å². The van der Waals surface area contributed by atoms with Crippen molar-refractivity contribution in [2.45, 2.75) is 38.1 Å². The van der Waals surface area contributed by atoms with E-state index >= 15 is 0 Å². The number of amides is 2. The van der Waals surface area contributed by atoms with Crippen molar-refractivity contribution in [3.05, 3.63) is 35.9 Å². The van der Waals surface area contributed by atoms with Gasteiger partial charge in [-0.15, -0.1) is 0 Å². The lowest BCUT2D eigenvalue weighted by molar-refractivity contribution is -0.126. The molecule has 2 rings (SSSR count). The lowest BCUT2D eigenvalue weighted by Gasteiger charge is -2.16. The van der Waals surface area contributed by atoms with Crippen molar-refractivity contribution in [3.63, 3.8) is 0 Å². The van der Waals surface area contributed by atoms with Crippen LogP contribution in [0.25, 0.3) is 0 Å². The van der Waals surface area contributed by atoms with Gasteiger partial charge in [0, 0.05) is 6.04 Å². The van der Waals surface area contributed by atoms with Crippen LogP contribution in [-0.2, 0) is 16.0 Å². The molecule has 7 heteroatoms. The Morgan fingerprint density at radius 3 is 2.43 bits per heavy atom. The average Bonchev–Trinajstić information content (AvgIpc) is 3.05. The lowest BCUT2D eigenvalue weighted by atomic mass is 10.1. The van der Waals surface area contributed by atoms with Gasteiger partial charge >= 0.3 is 0 Å². The number of carbonyl (C=O) groups excluding carboxylic acids is 2. The van der Waals surface area contributed by atoms with Gasteiger partial charge in [-0.1, -0.05) is 43.2 Å². The molecule has 1 fully saturated rings. The van der Waals surface area contributed by atoms with E-state index < -0.39 is 0 Å². The highest BCUT2D eigenvalue weighted by atomic mass is 32.1. The predicted molar refractivity (Wildman–Crippen MR) is 92.4 cm³/mol. The molecule has 0 radical (unpaired) electrons. The minimum atomic E-state index is -0.345. The summed E-state index contributed by atoms with van der Waals surface area (Å²) in [5.74, 6) is -0.542. The standard InChI is InChI=1S/C16H22N4O2S/c21-14(10-12-6-2-1-3-7-12)17-11-15(22)19-20-16(23)18-13-8-4-5-9-13/h1-3,6-7,13H,4-5,8-11H2,(H,17,21)(H,19,22)(H2,18,20,23). The van der Waals surface area contributed by atoms with E-state index in [2.05, 4.69) is 21.5 Å². The van der Waals surface area contributed by atoms with Crippen LogP contribution in [0.1, 0.15) is 31.2 Å². The van der Waals surface area contributed by atoms with E-state index in [1.807, 2.05) is 30.3 Å². The fourth-order valence-electron chi connectivity index (χ4n) is 2.48. The second-order valence-corrected chi connectivity index (χ2v) is 5.98. The van der Waals surface area contributed by atoms with Crippen molar-refractivity contribution in [2.75, 3.05) is 6.54 Å². The molecule has 4 N–H and O–H groups in total. The second kappa shape index (κ2) is 9.09. The van der Waals surface area contributed by atoms with Crippen LogP contribution in [-0.4, -0.2) is 29.5 Å². The Kier molecular flexibility index (Phi) is 6.80. The molecule has 0 spiro atoms. The molecule has 0 heterocycles. The molecule has 0 aromatic heterocycles. The zero-order chi connectivity index (χ0) is 16.5. The molecule has 23 heavy (non-hydrogen) atoms. The van der Waals surface area contributed by atoms with Crippen LogP contribution in [0.15, 0.2) is 30.3 Å². The Labute approximate surface area is 141 Å². The minimum Gasteiger partial charge on any atom is -0.359 e. The molecule has 124 valence electrons. The van der Waals surface area contributed by atoms with Gasteiger partial charge in [-0.25, -0.2) is 0 Å². The van der Waals surface area contributed by atoms with Gasteiger partial charge in [-0.2, -0.15) is 0 Å². The van der Waals surface area contributed by atoms with E-state index in [0.29, 0.717) is 11.2 Å². The highest BCUT2D eigenvalue weighted by Gasteiger charge is 2.15. The van der Waals surface area contributed by atoms with Crippen LogP contribution in [0.2, 0.25) is 0 Å². The first-order valence-electron chi connectivity index (χ1n) is 7.79. The van der Waals surface area contributed by atoms with Crippen LogP contribution in [0.5, 0.6) is 0 Å². The van der Waals surface area contributed by atoms with E-state index in [4.69, 9.17) is 12.2 Å². The second-order valence-electron chi connectivity index (χ2n) is 5.57. The highest BCUT2D eigenvalue weighted by molar-refractivity contribution is 7.80. The summed E-state index contributed by atoms with van der Waals surface area (Å²) in [6.07, 6.45) is 4.87. The average molecular weight is 334 g/mol. The van der Waals surface area contributed by atoms with E-state index in [0.717, 1.165) is 18.4 Å². The topological polar surface area (TPSA) is 82.3 Å². The molecule has 1 aliphatic carbocycles. The maximum absolute atomic E-state index is 11.7. The molecule has 1 aliphatic rings. The fourth-order valence-corrected chi connectivity index (χ4v) is 2.70. The summed E-state index contributed by atoms with van der Waals surface area (Å²) in [6, 6.07) is 9.76. The highest BCUT2D eigenvalue weighted by Crippen LogP contribution is 2.17. The first-order chi connectivity index (χ1) is 11.1. The first-order valence-corrected chi connectivity index (χ1v) is 8.20. The number of benzene rings is 1. The molecule has 2 amide bonds. The Balaban J connectivity index is 1.59. The number of hydrazine groups is 1. The van der Waals surface area contributed by atoms with E-state index in [1.165, 1.54) is 12.8 Å². The van der Waals surface area contributed by atoms with Crippen LogP contribution in [0, 0.1) is 0 Å². The molecule has 0 atom stereocenters. The SMILES string of the molecule is O=C(Cc1ccccc1)NCC(=O)NNC(=S)NC1CCCC1. The van der Waals surface area contributed by atoms with Gasteiger partial charge in [-0.3, -0.25) is 20.4 Å². The number of rotatable bonds is 5. The van der Waals surface area contributed by atoms with Crippen molar-refractivity contribution in [3.8, 4) is 0 Å². The third-order valence-corrected chi connectivity index (χ3v) is 3.88. The van der Waals surface area contributed by atoms with Crippen molar-refractivity contribution in [1.29, 1.82) is 0 Å². The first kappa shape index (κ1) is 17.2. The summed E-state index contributed by atoms with van der Waals surface area (Å²) in [4.78, 5) is 23.4. The van der Waals surface area contributed by atoms with Gasteiger partial charge in [0.2, 0.25) is 5.91 Å². The van der Waals surface area contributed by atoms with Crippen LogP contribution >= 0.6 is 12.2 Å². The Morgan fingerprint density at radius 2 is 1.74 bits per heavy atom. The lowest BCUT2D eigenvalue weighted by Crippen LogP contribution is -2.51. The predicted octanol–water partition coefficient (Wildman–Crippen LogP) is 0.783. The van der Waals surface area contributed by atoms with E-state index in [1.54, 1.807) is 0 Å².